The number of primary amides is 1. The van der Waals surface area contributed by atoms with Gasteiger partial charge in [0.15, 0.2) is 0 Å². The number of carboxylic acids is 1. The highest BCUT2D eigenvalue weighted by Gasteiger charge is 2.22. The third-order valence-corrected chi connectivity index (χ3v) is 4.15. The molecule has 0 saturated heterocycles. The molecule has 0 aliphatic rings. The summed E-state index contributed by atoms with van der Waals surface area (Å²) >= 11 is 0. The van der Waals surface area contributed by atoms with Gasteiger partial charge in [-0.1, -0.05) is 70.4 Å². The summed E-state index contributed by atoms with van der Waals surface area (Å²) < 4.78 is 0. The molecule has 0 heterocycles. The van der Waals surface area contributed by atoms with E-state index in [9.17, 15) is 9.59 Å². The van der Waals surface area contributed by atoms with Crippen LogP contribution in [0.15, 0.2) is 12.2 Å². The van der Waals surface area contributed by atoms with E-state index >= 15 is 0 Å². The fourth-order valence-corrected chi connectivity index (χ4v) is 2.63. The van der Waals surface area contributed by atoms with Crippen LogP contribution in [0, 0.1) is 5.92 Å². The van der Waals surface area contributed by atoms with Gasteiger partial charge >= 0.3 is 5.97 Å². The molecule has 0 aromatic rings. The second-order valence-electron chi connectivity index (χ2n) is 6.31. The molecule has 4 heteroatoms. The third kappa shape index (κ3) is 14.0. The zero-order chi connectivity index (χ0) is 17.3. The van der Waals surface area contributed by atoms with E-state index in [0.717, 1.165) is 32.1 Å². The van der Waals surface area contributed by atoms with Gasteiger partial charge in [-0.05, 0) is 32.1 Å². The van der Waals surface area contributed by atoms with Crippen molar-refractivity contribution in [1.29, 1.82) is 0 Å². The van der Waals surface area contributed by atoms with Crippen LogP contribution in [0.2, 0.25) is 0 Å². The van der Waals surface area contributed by atoms with E-state index in [1.807, 2.05) is 0 Å². The molecule has 0 fully saturated rings. The minimum absolute atomic E-state index is 0.360. The standard InChI is InChI=1S/C19H35NO3/c1-2-3-4-5-6-7-8-9-10-11-12-13-14-15-16-17(18(20)21)19(22)23/h9-10,17H,2-8,11-16H2,1H3,(H2,20,21)(H,22,23). The number of unbranched alkanes of at least 4 members (excludes halogenated alkanes) is 10. The van der Waals surface area contributed by atoms with Crippen LogP contribution in [0.1, 0.15) is 90.4 Å². The van der Waals surface area contributed by atoms with Crippen molar-refractivity contribution in [3.05, 3.63) is 12.2 Å². The lowest BCUT2D eigenvalue weighted by Crippen LogP contribution is -2.30. The Hall–Kier alpha value is -1.32. The van der Waals surface area contributed by atoms with Gasteiger partial charge in [0.05, 0.1) is 0 Å². The molecule has 4 nitrogen and oxygen atoms in total. The lowest BCUT2D eigenvalue weighted by Gasteiger charge is -2.07. The summed E-state index contributed by atoms with van der Waals surface area (Å²) in [5.74, 6) is -2.85. The Morgan fingerprint density at radius 2 is 1.35 bits per heavy atom. The van der Waals surface area contributed by atoms with Gasteiger partial charge < -0.3 is 10.8 Å². The van der Waals surface area contributed by atoms with Gasteiger partial charge in [-0.15, -0.1) is 0 Å². The SMILES string of the molecule is CCCCCCCCC=CCCCCCCC(C(N)=O)C(=O)O. The van der Waals surface area contributed by atoms with Crippen LogP contribution in [0.5, 0.6) is 0 Å². The quantitative estimate of drug-likeness (QED) is 0.242. The van der Waals surface area contributed by atoms with Crippen LogP contribution in [-0.4, -0.2) is 17.0 Å². The molecule has 0 spiro atoms. The van der Waals surface area contributed by atoms with E-state index < -0.39 is 17.8 Å². The lowest BCUT2D eigenvalue weighted by molar-refractivity contribution is -0.146. The van der Waals surface area contributed by atoms with Crippen molar-refractivity contribution in [1.82, 2.24) is 0 Å². The first-order chi connectivity index (χ1) is 11.1. The van der Waals surface area contributed by atoms with Crippen LogP contribution in [-0.2, 0) is 9.59 Å². The molecular weight excluding hydrogens is 290 g/mol. The first-order valence-electron chi connectivity index (χ1n) is 9.26. The minimum Gasteiger partial charge on any atom is -0.481 e. The van der Waals surface area contributed by atoms with E-state index in [0.29, 0.717) is 6.42 Å². The molecule has 0 aromatic heterocycles. The highest BCUT2D eigenvalue weighted by molar-refractivity contribution is 5.95. The van der Waals surface area contributed by atoms with Gasteiger partial charge in [0.1, 0.15) is 5.92 Å². The average molecular weight is 325 g/mol. The predicted molar refractivity (Wildman–Crippen MR) is 95.2 cm³/mol. The summed E-state index contributed by atoms with van der Waals surface area (Å²) in [6, 6.07) is 0. The molecular formula is C19H35NO3. The number of aliphatic carboxylic acids is 1. The second-order valence-corrected chi connectivity index (χ2v) is 6.31. The van der Waals surface area contributed by atoms with Crippen molar-refractivity contribution in [3.63, 3.8) is 0 Å². The number of nitrogens with two attached hydrogens (primary N) is 1. The first-order valence-corrected chi connectivity index (χ1v) is 9.26. The maximum atomic E-state index is 10.9. The van der Waals surface area contributed by atoms with Gasteiger partial charge in [-0.2, -0.15) is 0 Å². The Bertz CT molecular complexity index is 326. The van der Waals surface area contributed by atoms with Crippen LogP contribution >= 0.6 is 0 Å². The van der Waals surface area contributed by atoms with Crippen LogP contribution in [0.3, 0.4) is 0 Å². The number of hydrogen-bond acceptors (Lipinski definition) is 2. The van der Waals surface area contributed by atoms with Crippen molar-refractivity contribution in [2.24, 2.45) is 11.7 Å². The van der Waals surface area contributed by atoms with Crippen LogP contribution in [0.25, 0.3) is 0 Å². The van der Waals surface area contributed by atoms with Crippen molar-refractivity contribution < 1.29 is 14.7 Å². The summed E-state index contributed by atoms with van der Waals surface area (Å²) in [4.78, 5) is 21.7. The Morgan fingerprint density at radius 1 is 0.870 bits per heavy atom. The third-order valence-electron chi connectivity index (χ3n) is 4.15. The zero-order valence-corrected chi connectivity index (χ0v) is 14.8. The van der Waals surface area contributed by atoms with Gasteiger partial charge in [0, 0.05) is 0 Å². The molecule has 3 N–H and O–H groups in total. The maximum Gasteiger partial charge on any atom is 0.316 e. The molecule has 0 saturated carbocycles. The number of amides is 1. The molecule has 1 amide bonds. The van der Waals surface area contributed by atoms with E-state index in [-0.39, 0.29) is 0 Å². The molecule has 0 aromatic carbocycles. The Labute approximate surface area is 141 Å². The average Bonchev–Trinajstić information content (AvgIpc) is 2.50. The zero-order valence-electron chi connectivity index (χ0n) is 14.8. The van der Waals surface area contributed by atoms with Crippen molar-refractivity contribution in [2.75, 3.05) is 0 Å². The van der Waals surface area contributed by atoms with Crippen LogP contribution < -0.4 is 5.73 Å². The smallest absolute Gasteiger partial charge is 0.316 e. The molecule has 0 bridgehead atoms. The molecule has 1 unspecified atom stereocenters. The molecule has 0 aliphatic carbocycles. The van der Waals surface area contributed by atoms with Gasteiger partial charge in [0.25, 0.3) is 0 Å². The largest absolute Gasteiger partial charge is 0.481 e. The van der Waals surface area contributed by atoms with Gasteiger partial charge in [-0.25, -0.2) is 0 Å². The topological polar surface area (TPSA) is 80.4 Å². The molecule has 134 valence electrons. The van der Waals surface area contributed by atoms with Gasteiger partial charge in [-0.3, -0.25) is 9.59 Å². The summed E-state index contributed by atoms with van der Waals surface area (Å²) in [6.45, 7) is 2.24. The highest BCUT2D eigenvalue weighted by Crippen LogP contribution is 2.12. The van der Waals surface area contributed by atoms with Crippen molar-refractivity contribution >= 4 is 11.9 Å². The summed E-state index contributed by atoms with van der Waals surface area (Å²) in [6.07, 6.45) is 19.1. The monoisotopic (exact) mass is 325 g/mol. The fourth-order valence-electron chi connectivity index (χ4n) is 2.63. The molecule has 23 heavy (non-hydrogen) atoms. The van der Waals surface area contributed by atoms with E-state index in [1.165, 1.54) is 44.9 Å². The first kappa shape index (κ1) is 21.7. The maximum absolute atomic E-state index is 10.9. The summed E-state index contributed by atoms with van der Waals surface area (Å²) in [7, 11) is 0. The number of carbonyl (C=O) groups is 2. The number of carbonyl (C=O) groups excluding carboxylic acids is 1. The summed E-state index contributed by atoms with van der Waals surface area (Å²) in [5, 5.41) is 8.84. The van der Waals surface area contributed by atoms with Crippen molar-refractivity contribution in [2.45, 2.75) is 90.4 Å². The minimum atomic E-state index is -1.10. The molecule has 0 rings (SSSR count). The highest BCUT2D eigenvalue weighted by atomic mass is 16.4. The number of allylic oxidation sites excluding steroid dienone is 2. The number of carboxylic acid groups (broad SMARTS) is 1. The predicted octanol–water partition coefficient (Wildman–Crippen LogP) is 4.82. The van der Waals surface area contributed by atoms with E-state index in [4.69, 9.17) is 10.8 Å². The normalized spacial score (nSPS) is 12.6. The van der Waals surface area contributed by atoms with Crippen LogP contribution in [0.4, 0.5) is 0 Å². The molecule has 0 radical (unpaired) electrons. The van der Waals surface area contributed by atoms with Crippen molar-refractivity contribution in [3.8, 4) is 0 Å². The van der Waals surface area contributed by atoms with Gasteiger partial charge in [0.2, 0.25) is 5.91 Å². The fraction of sp³-hybridized carbons (Fsp3) is 0.789. The van der Waals surface area contributed by atoms with E-state index in [2.05, 4.69) is 19.1 Å². The summed E-state index contributed by atoms with van der Waals surface area (Å²) in [5.41, 5.74) is 5.06. The number of rotatable bonds is 16. The molecule has 1 atom stereocenters. The number of hydrogen-bond donors (Lipinski definition) is 2. The Kier molecular flexibility index (Phi) is 14.7. The molecule has 0 aliphatic heterocycles. The van der Waals surface area contributed by atoms with E-state index in [1.54, 1.807) is 0 Å². The Morgan fingerprint density at radius 3 is 1.83 bits per heavy atom. The lowest BCUT2D eigenvalue weighted by atomic mass is 10.00. The Balaban J connectivity index is 3.37. The second kappa shape index (κ2) is 15.6.